The van der Waals surface area contributed by atoms with E-state index in [9.17, 15) is 4.79 Å². The van der Waals surface area contributed by atoms with E-state index in [1.807, 2.05) is 6.07 Å². The molecule has 0 radical (unpaired) electrons. The molecule has 1 aromatic heterocycles. The Morgan fingerprint density at radius 1 is 1.05 bits per heavy atom. The Hall–Kier alpha value is -1.78. The van der Waals surface area contributed by atoms with E-state index in [2.05, 4.69) is 53.2 Å². The largest absolute Gasteiger partial charge is 0.324 e. The van der Waals surface area contributed by atoms with E-state index in [1.165, 1.54) is 21.2 Å². The molecule has 0 saturated heterocycles. The van der Waals surface area contributed by atoms with Gasteiger partial charge in [0.25, 0.3) is 0 Å². The summed E-state index contributed by atoms with van der Waals surface area (Å²) < 4.78 is 0. The first-order valence-corrected chi connectivity index (χ1v) is 8.72. The second-order valence-corrected chi connectivity index (χ2v) is 7.05. The van der Waals surface area contributed by atoms with Crippen LogP contribution in [-0.4, -0.2) is 11.7 Å². The zero-order valence-electron chi connectivity index (χ0n) is 11.2. The lowest BCUT2D eigenvalue weighted by Crippen LogP contribution is -2.11. The molecule has 0 spiro atoms. The zero-order valence-corrected chi connectivity index (χ0v) is 12.8. The average Bonchev–Trinajstić information content (AvgIpc) is 2.89. The molecule has 2 heterocycles. The van der Waals surface area contributed by atoms with Gasteiger partial charge in [-0.15, -0.1) is 23.1 Å². The molecule has 0 fully saturated rings. The molecule has 1 aliphatic rings. The Kier molecular flexibility index (Phi) is 3.20. The lowest BCUT2D eigenvalue weighted by atomic mass is 10.0. The Morgan fingerprint density at radius 3 is 2.86 bits per heavy atom. The van der Waals surface area contributed by atoms with Crippen LogP contribution < -0.4 is 5.32 Å². The minimum absolute atomic E-state index is 0.0855. The minimum Gasteiger partial charge on any atom is -0.324 e. The van der Waals surface area contributed by atoms with Gasteiger partial charge in [0.15, 0.2) is 0 Å². The van der Waals surface area contributed by atoms with Crippen LogP contribution in [0.2, 0.25) is 0 Å². The number of nitrogens with one attached hydrogen (secondary N) is 1. The van der Waals surface area contributed by atoms with Crippen LogP contribution >= 0.6 is 23.1 Å². The number of carbonyl (C=O) groups is 1. The molecule has 1 aliphatic heterocycles. The quantitative estimate of drug-likeness (QED) is 0.707. The molecule has 2 aromatic carbocycles. The van der Waals surface area contributed by atoms with Crippen molar-refractivity contribution in [1.82, 2.24) is 0 Å². The highest BCUT2D eigenvalue weighted by molar-refractivity contribution is 8.00. The summed E-state index contributed by atoms with van der Waals surface area (Å²) in [4.78, 5) is 13.1. The molecule has 0 bridgehead atoms. The third kappa shape index (κ3) is 2.24. The molecular formula is C17H13NOS2. The number of hydrogen-bond donors (Lipinski definition) is 1. The Labute approximate surface area is 131 Å². The van der Waals surface area contributed by atoms with E-state index in [-0.39, 0.29) is 11.2 Å². The third-order valence-corrected chi connectivity index (χ3v) is 6.08. The number of anilines is 1. The van der Waals surface area contributed by atoms with Crippen molar-refractivity contribution in [3.63, 3.8) is 0 Å². The van der Waals surface area contributed by atoms with Gasteiger partial charge in [-0.3, -0.25) is 4.79 Å². The van der Waals surface area contributed by atoms with Gasteiger partial charge in [0.2, 0.25) is 5.91 Å². The van der Waals surface area contributed by atoms with Crippen LogP contribution in [0.5, 0.6) is 0 Å². The predicted octanol–water partition coefficient (Wildman–Crippen LogP) is 4.68. The second-order valence-electron chi connectivity index (χ2n) is 5.01. The van der Waals surface area contributed by atoms with Crippen molar-refractivity contribution in [1.29, 1.82) is 0 Å². The summed E-state index contributed by atoms with van der Waals surface area (Å²) in [5, 5.41) is 7.78. The molecule has 1 unspecified atom stereocenters. The molecule has 1 amide bonds. The number of hydrogen-bond acceptors (Lipinski definition) is 3. The molecule has 3 aromatic rings. The van der Waals surface area contributed by atoms with E-state index in [1.54, 1.807) is 23.1 Å². The fourth-order valence-electron chi connectivity index (χ4n) is 2.76. The van der Waals surface area contributed by atoms with Crippen LogP contribution in [0.1, 0.15) is 15.7 Å². The molecule has 1 N–H and O–H groups in total. The highest BCUT2D eigenvalue weighted by Crippen LogP contribution is 2.46. The van der Waals surface area contributed by atoms with E-state index in [0.29, 0.717) is 5.75 Å². The Morgan fingerprint density at radius 2 is 1.90 bits per heavy atom. The van der Waals surface area contributed by atoms with Gasteiger partial charge >= 0.3 is 0 Å². The molecule has 4 heteroatoms. The van der Waals surface area contributed by atoms with Gasteiger partial charge in [-0.2, -0.15) is 0 Å². The number of thiophene rings is 1. The fraction of sp³-hybridized carbons (Fsp3) is 0.118. The van der Waals surface area contributed by atoms with Crippen molar-refractivity contribution < 1.29 is 4.79 Å². The van der Waals surface area contributed by atoms with Crippen LogP contribution in [-0.2, 0) is 4.79 Å². The van der Waals surface area contributed by atoms with Gasteiger partial charge in [0.1, 0.15) is 0 Å². The van der Waals surface area contributed by atoms with Gasteiger partial charge in [-0.05, 0) is 27.8 Å². The molecule has 104 valence electrons. The molecule has 0 aliphatic carbocycles. The molecule has 2 nitrogen and oxygen atoms in total. The summed E-state index contributed by atoms with van der Waals surface area (Å²) in [6.07, 6.45) is 0. The molecular weight excluding hydrogens is 298 g/mol. The SMILES string of the molecule is O=C1CSC(c2cccc3ccccc23)c2sccc2N1. The number of carbonyl (C=O) groups excluding carboxylic acids is 1. The van der Waals surface area contributed by atoms with Crippen LogP contribution in [0.15, 0.2) is 53.9 Å². The zero-order chi connectivity index (χ0) is 14.2. The first-order chi connectivity index (χ1) is 10.3. The Bertz CT molecular complexity index is 819. The van der Waals surface area contributed by atoms with Crippen molar-refractivity contribution >= 4 is 45.5 Å². The maximum absolute atomic E-state index is 11.9. The van der Waals surface area contributed by atoms with Gasteiger partial charge in [-0.1, -0.05) is 42.5 Å². The lowest BCUT2D eigenvalue weighted by molar-refractivity contribution is -0.113. The first kappa shape index (κ1) is 12.9. The van der Waals surface area contributed by atoms with Gasteiger partial charge in [0, 0.05) is 4.88 Å². The maximum Gasteiger partial charge on any atom is 0.234 e. The highest BCUT2D eigenvalue weighted by Gasteiger charge is 2.26. The maximum atomic E-state index is 11.9. The molecule has 21 heavy (non-hydrogen) atoms. The third-order valence-electron chi connectivity index (χ3n) is 3.69. The van der Waals surface area contributed by atoms with Gasteiger partial charge < -0.3 is 5.32 Å². The molecule has 1 atom stereocenters. The highest BCUT2D eigenvalue weighted by atomic mass is 32.2. The van der Waals surface area contributed by atoms with Crippen LogP contribution in [0.3, 0.4) is 0 Å². The van der Waals surface area contributed by atoms with Crippen molar-refractivity contribution in [3.05, 3.63) is 64.4 Å². The first-order valence-electron chi connectivity index (χ1n) is 6.79. The second kappa shape index (κ2) is 5.20. The number of thioether (sulfide) groups is 1. The van der Waals surface area contributed by atoms with Crippen molar-refractivity contribution in [3.8, 4) is 0 Å². The van der Waals surface area contributed by atoms with Crippen molar-refractivity contribution in [2.24, 2.45) is 0 Å². The predicted molar refractivity (Wildman–Crippen MR) is 91.2 cm³/mol. The average molecular weight is 311 g/mol. The van der Waals surface area contributed by atoms with E-state index < -0.39 is 0 Å². The summed E-state index contributed by atoms with van der Waals surface area (Å²) in [6.45, 7) is 0. The van der Waals surface area contributed by atoms with Crippen molar-refractivity contribution in [2.45, 2.75) is 5.25 Å². The topological polar surface area (TPSA) is 29.1 Å². The van der Waals surface area contributed by atoms with E-state index >= 15 is 0 Å². The molecule has 0 saturated carbocycles. The van der Waals surface area contributed by atoms with E-state index in [0.717, 1.165) is 5.69 Å². The lowest BCUT2D eigenvalue weighted by Gasteiger charge is -2.16. The number of amides is 1. The van der Waals surface area contributed by atoms with Gasteiger partial charge in [-0.25, -0.2) is 0 Å². The van der Waals surface area contributed by atoms with Crippen LogP contribution in [0, 0.1) is 0 Å². The minimum atomic E-state index is 0.0855. The summed E-state index contributed by atoms with van der Waals surface area (Å²) in [5.74, 6) is 0.581. The van der Waals surface area contributed by atoms with Crippen LogP contribution in [0.25, 0.3) is 10.8 Å². The standard InChI is InChI=1S/C17H13NOS2/c19-15-10-21-16(17-14(18-15)8-9-20-17)13-7-3-5-11-4-1-2-6-12(11)13/h1-9,16H,10H2,(H,18,19). The number of benzene rings is 2. The Balaban J connectivity index is 1.91. The monoisotopic (exact) mass is 311 g/mol. The smallest absolute Gasteiger partial charge is 0.234 e. The van der Waals surface area contributed by atoms with E-state index in [4.69, 9.17) is 0 Å². The fourth-order valence-corrected chi connectivity index (χ4v) is 5.03. The van der Waals surface area contributed by atoms with Crippen LogP contribution in [0.4, 0.5) is 5.69 Å². The summed E-state index contributed by atoms with van der Waals surface area (Å²) >= 11 is 3.42. The summed E-state index contributed by atoms with van der Waals surface area (Å²) in [6, 6.07) is 16.9. The molecule has 4 rings (SSSR count). The summed E-state index contributed by atoms with van der Waals surface area (Å²) in [5.41, 5.74) is 2.26. The number of fused-ring (bicyclic) bond motifs is 2. The number of rotatable bonds is 1. The normalized spacial score (nSPS) is 18.1. The summed E-state index contributed by atoms with van der Waals surface area (Å²) in [7, 11) is 0. The van der Waals surface area contributed by atoms with Crippen molar-refractivity contribution in [2.75, 3.05) is 11.1 Å². The van der Waals surface area contributed by atoms with Gasteiger partial charge in [0.05, 0.1) is 16.7 Å².